The quantitative estimate of drug-likeness (QED) is 0.345. The molecule has 0 aliphatic carbocycles. The number of hydrogen-bond acceptors (Lipinski definition) is 3. The molecule has 0 saturated carbocycles. The average molecular weight is 417 g/mol. The number of carboxylic acid groups (broad SMARTS) is 1. The highest BCUT2D eigenvalue weighted by atomic mass is 16.4. The first kappa shape index (κ1) is 22.7. The van der Waals surface area contributed by atoms with Gasteiger partial charge in [-0.05, 0) is 36.0 Å². The summed E-state index contributed by atoms with van der Waals surface area (Å²) in [6.07, 6.45) is 11.8. The highest BCUT2D eigenvalue weighted by molar-refractivity contribution is 5.76. The van der Waals surface area contributed by atoms with Gasteiger partial charge in [-0.2, -0.15) is 0 Å². The molecule has 0 amide bonds. The number of aryl methyl sites for hydroxylation is 1. The van der Waals surface area contributed by atoms with E-state index in [4.69, 9.17) is 0 Å². The van der Waals surface area contributed by atoms with E-state index < -0.39 is 11.9 Å². The van der Waals surface area contributed by atoms with E-state index in [0.29, 0.717) is 12.2 Å². The molecule has 0 aliphatic rings. The molecular formula is C27H32N2O2. The monoisotopic (exact) mass is 416 g/mol. The third kappa shape index (κ3) is 6.24. The Labute approximate surface area is 185 Å². The van der Waals surface area contributed by atoms with Crippen LogP contribution in [-0.4, -0.2) is 21.0 Å². The predicted octanol–water partition coefficient (Wildman–Crippen LogP) is 6.90. The zero-order chi connectivity index (χ0) is 22.1. The molecule has 1 atom stereocenters. The number of aliphatic carboxylic acids is 1. The van der Waals surface area contributed by atoms with Crippen LogP contribution in [0.2, 0.25) is 0 Å². The molecule has 0 bridgehead atoms. The molecule has 2 aromatic carbocycles. The van der Waals surface area contributed by atoms with Crippen LogP contribution in [0, 0.1) is 0 Å². The molecule has 4 heteroatoms. The molecule has 4 nitrogen and oxygen atoms in total. The second-order valence-corrected chi connectivity index (χ2v) is 8.08. The molecule has 0 saturated heterocycles. The number of benzene rings is 2. The maximum atomic E-state index is 11.3. The topological polar surface area (TPSA) is 63.1 Å². The number of nitrogens with zero attached hydrogens (tertiary/aromatic N) is 2. The number of hydrogen-bond donors (Lipinski definition) is 1. The van der Waals surface area contributed by atoms with Crippen molar-refractivity contribution in [2.24, 2.45) is 0 Å². The SMILES string of the molecule is CCCCCCCc1ccc(-c2ncc(-c3ccc(C(CC)C(=O)O)cc3)cn2)cc1. The van der Waals surface area contributed by atoms with Crippen molar-refractivity contribution in [2.45, 2.75) is 64.7 Å². The van der Waals surface area contributed by atoms with Gasteiger partial charge in [0, 0.05) is 23.5 Å². The molecule has 0 spiro atoms. The Morgan fingerprint density at radius 1 is 0.806 bits per heavy atom. The summed E-state index contributed by atoms with van der Waals surface area (Å²) in [5.41, 5.74) is 5.10. The molecule has 1 heterocycles. The fourth-order valence-electron chi connectivity index (χ4n) is 3.84. The van der Waals surface area contributed by atoms with Crippen LogP contribution in [0.15, 0.2) is 60.9 Å². The van der Waals surface area contributed by atoms with E-state index in [1.807, 2.05) is 43.6 Å². The smallest absolute Gasteiger partial charge is 0.310 e. The summed E-state index contributed by atoms with van der Waals surface area (Å²) >= 11 is 0. The van der Waals surface area contributed by atoms with E-state index in [1.54, 1.807) is 0 Å². The van der Waals surface area contributed by atoms with Crippen LogP contribution in [0.5, 0.6) is 0 Å². The average Bonchev–Trinajstić information content (AvgIpc) is 2.80. The van der Waals surface area contributed by atoms with Crippen LogP contribution in [0.25, 0.3) is 22.5 Å². The Bertz CT molecular complexity index is 948. The van der Waals surface area contributed by atoms with Gasteiger partial charge in [0.25, 0.3) is 0 Å². The van der Waals surface area contributed by atoms with Gasteiger partial charge in [0.15, 0.2) is 5.82 Å². The summed E-state index contributed by atoms with van der Waals surface area (Å²) in [5.74, 6) is -0.538. The Kier molecular flexibility index (Phi) is 8.34. The van der Waals surface area contributed by atoms with Crippen LogP contribution in [0.4, 0.5) is 0 Å². The minimum Gasteiger partial charge on any atom is -0.481 e. The van der Waals surface area contributed by atoms with Gasteiger partial charge in [0.05, 0.1) is 5.92 Å². The first-order valence-electron chi connectivity index (χ1n) is 11.4. The molecule has 1 aromatic heterocycles. The second-order valence-electron chi connectivity index (χ2n) is 8.08. The lowest BCUT2D eigenvalue weighted by molar-refractivity contribution is -0.138. The molecule has 0 fully saturated rings. The number of aromatic nitrogens is 2. The van der Waals surface area contributed by atoms with Crippen molar-refractivity contribution in [1.29, 1.82) is 0 Å². The number of carboxylic acids is 1. The van der Waals surface area contributed by atoms with Gasteiger partial charge < -0.3 is 5.11 Å². The van der Waals surface area contributed by atoms with E-state index >= 15 is 0 Å². The summed E-state index contributed by atoms with van der Waals surface area (Å²) in [7, 11) is 0. The number of carbonyl (C=O) groups is 1. The lowest BCUT2D eigenvalue weighted by Crippen LogP contribution is -2.10. The Balaban J connectivity index is 1.63. The van der Waals surface area contributed by atoms with Crippen molar-refractivity contribution in [3.05, 3.63) is 72.1 Å². The van der Waals surface area contributed by atoms with E-state index in [0.717, 1.165) is 28.7 Å². The molecule has 3 rings (SSSR count). The highest BCUT2D eigenvalue weighted by Crippen LogP contribution is 2.25. The largest absolute Gasteiger partial charge is 0.481 e. The standard InChI is InChI=1S/C27H32N2O2/c1-3-5-6-7-8-9-20-10-12-23(13-11-20)26-28-18-24(19-29-26)21-14-16-22(17-15-21)25(4-2)27(30)31/h10-19,25H,3-9H2,1-2H3,(H,30,31). The van der Waals surface area contributed by atoms with E-state index in [-0.39, 0.29) is 0 Å². The second kappa shape index (κ2) is 11.4. The summed E-state index contributed by atoms with van der Waals surface area (Å²) in [6.45, 7) is 4.13. The summed E-state index contributed by atoms with van der Waals surface area (Å²) < 4.78 is 0. The molecule has 1 N–H and O–H groups in total. The third-order valence-electron chi connectivity index (χ3n) is 5.79. The highest BCUT2D eigenvalue weighted by Gasteiger charge is 2.17. The maximum Gasteiger partial charge on any atom is 0.310 e. The van der Waals surface area contributed by atoms with Crippen molar-refractivity contribution < 1.29 is 9.90 Å². The molecule has 162 valence electrons. The van der Waals surface area contributed by atoms with E-state index in [9.17, 15) is 9.90 Å². The van der Waals surface area contributed by atoms with Gasteiger partial charge in [-0.25, -0.2) is 9.97 Å². The fraction of sp³-hybridized carbons (Fsp3) is 0.370. The molecule has 1 unspecified atom stereocenters. The zero-order valence-electron chi connectivity index (χ0n) is 18.6. The third-order valence-corrected chi connectivity index (χ3v) is 5.79. The lowest BCUT2D eigenvalue weighted by atomic mass is 9.95. The van der Waals surface area contributed by atoms with Crippen molar-refractivity contribution in [3.8, 4) is 22.5 Å². The van der Waals surface area contributed by atoms with E-state index in [1.165, 1.54) is 37.7 Å². The van der Waals surface area contributed by atoms with Gasteiger partial charge in [-0.1, -0.05) is 88.1 Å². The van der Waals surface area contributed by atoms with Crippen LogP contribution in [-0.2, 0) is 11.2 Å². The Hall–Kier alpha value is -3.01. The summed E-state index contributed by atoms with van der Waals surface area (Å²) in [5, 5.41) is 9.32. The van der Waals surface area contributed by atoms with E-state index in [2.05, 4.69) is 41.2 Å². The van der Waals surface area contributed by atoms with Gasteiger partial charge in [-0.3, -0.25) is 4.79 Å². The van der Waals surface area contributed by atoms with Crippen LogP contribution in [0.1, 0.15) is 69.4 Å². The van der Waals surface area contributed by atoms with Gasteiger partial charge in [0.1, 0.15) is 0 Å². The molecule has 0 radical (unpaired) electrons. The minimum atomic E-state index is -0.787. The van der Waals surface area contributed by atoms with Gasteiger partial charge >= 0.3 is 5.97 Å². The number of rotatable bonds is 11. The Morgan fingerprint density at radius 3 is 2.00 bits per heavy atom. The molecule has 3 aromatic rings. The lowest BCUT2D eigenvalue weighted by Gasteiger charge is -2.11. The summed E-state index contributed by atoms with van der Waals surface area (Å²) in [4.78, 5) is 20.4. The fourth-order valence-corrected chi connectivity index (χ4v) is 3.84. The maximum absolute atomic E-state index is 11.3. The van der Waals surface area contributed by atoms with Crippen molar-refractivity contribution in [1.82, 2.24) is 9.97 Å². The van der Waals surface area contributed by atoms with Crippen molar-refractivity contribution in [2.75, 3.05) is 0 Å². The van der Waals surface area contributed by atoms with Crippen molar-refractivity contribution in [3.63, 3.8) is 0 Å². The van der Waals surface area contributed by atoms with Crippen molar-refractivity contribution >= 4 is 5.97 Å². The predicted molar refractivity (Wildman–Crippen MR) is 126 cm³/mol. The number of unbranched alkanes of at least 4 members (excludes halogenated alkanes) is 4. The zero-order valence-corrected chi connectivity index (χ0v) is 18.6. The van der Waals surface area contributed by atoms with Gasteiger partial charge in [-0.15, -0.1) is 0 Å². The molecular weight excluding hydrogens is 384 g/mol. The Morgan fingerprint density at radius 2 is 1.42 bits per heavy atom. The minimum absolute atomic E-state index is 0.466. The summed E-state index contributed by atoms with van der Waals surface area (Å²) in [6, 6.07) is 16.2. The first-order chi connectivity index (χ1) is 15.1. The van der Waals surface area contributed by atoms with Crippen LogP contribution in [0.3, 0.4) is 0 Å². The van der Waals surface area contributed by atoms with Crippen LogP contribution >= 0.6 is 0 Å². The normalized spacial score (nSPS) is 11.9. The molecule has 0 aliphatic heterocycles. The van der Waals surface area contributed by atoms with Crippen LogP contribution < -0.4 is 0 Å². The van der Waals surface area contributed by atoms with Gasteiger partial charge in [0.2, 0.25) is 0 Å². The molecule has 31 heavy (non-hydrogen) atoms. The first-order valence-corrected chi connectivity index (χ1v) is 11.4.